The summed E-state index contributed by atoms with van der Waals surface area (Å²) in [4.78, 5) is 12.5. The van der Waals surface area contributed by atoms with Crippen molar-refractivity contribution in [3.05, 3.63) is 77.3 Å². The Kier molecular flexibility index (Phi) is 5.37. The molecule has 2 atom stereocenters. The number of nitrogens with two attached hydrogens (primary N) is 1. The van der Waals surface area contributed by atoms with Crippen molar-refractivity contribution in [2.75, 3.05) is 5.32 Å². The van der Waals surface area contributed by atoms with Crippen LogP contribution in [0.5, 0.6) is 0 Å². The molecule has 0 unspecified atom stereocenters. The van der Waals surface area contributed by atoms with Crippen LogP contribution in [-0.4, -0.2) is 11.9 Å². The third-order valence-corrected chi connectivity index (χ3v) is 4.62. The van der Waals surface area contributed by atoms with Gasteiger partial charge in [0.15, 0.2) is 6.04 Å². The Morgan fingerprint density at radius 1 is 0.960 bits per heavy atom. The fourth-order valence-electron chi connectivity index (χ4n) is 2.94. The van der Waals surface area contributed by atoms with E-state index in [4.69, 9.17) is 11.6 Å². The SMILES string of the molecule is C[C@H]([NH2+][C@H](C)c1cccc(Cl)c1)C(=O)Nc1ccc2ccccc2c1. The van der Waals surface area contributed by atoms with Gasteiger partial charge in [0.2, 0.25) is 0 Å². The van der Waals surface area contributed by atoms with Crippen LogP contribution in [0.2, 0.25) is 5.02 Å². The first kappa shape index (κ1) is 17.5. The molecular weight excluding hydrogens is 332 g/mol. The van der Waals surface area contributed by atoms with Gasteiger partial charge >= 0.3 is 0 Å². The van der Waals surface area contributed by atoms with Gasteiger partial charge in [-0.2, -0.15) is 0 Å². The normalized spacial score (nSPS) is 13.4. The van der Waals surface area contributed by atoms with E-state index in [1.807, 2.05) is 72.9 Å². The van der Waals surface area contributed by atoms with Gasteiger partial charge in [-0.15, -0.1) is 0 Å². The quantitative estimate of drug-likeness (QED) is 0.711. The first-order valence-corrected chi connectivity index (χ1v) is 8.81. The van der Waals surface area contributed by atoms with E-state index in [-0.39, 0.29) is 18.0 Å². The third-order valence-electron chi connectivity index (χ3n) is 4.38. The summed E-state index contributed by atoms with van der Waals surface area (Å²) in [6.07, 6.45) is 0. The van der Waals surface area contributed by atoms with Crippen molar-refractivity contribution in [3.63, 3.8) is 0 Å². The molecule has 0 saturated heterocycles. The number of anilines is 1. The van der Waals surface area contributed by atoms with E-state index in [0.717, 1.165) is 22.0 Å². The Balaban J connectivity index is 1.65. The smallest absolute Gasteiger partial charge is 0.282 e. The van der Waals surface area contributed by atoms with E-state index in [0.29, 0.717) is 5.02 Å². The maximum absolute atomic E-state index is 12.5. The highest BCUT2D eigenvalue weighted by Gasteiger charge is 2.20. The zero-order valence-corrected chi connectivity index (χ0v) is 15.1. The van der Waals surface area contributed by atoms with Crippen molar-refractivity contribution in [2.45, 2.75) is 25.9 Å². The number of carbonyl (C=O) groups excluding carboxylic acids is 1. The summed E-state index contributed by atoms with van der Waals surface area (Å²) in [6, 6.07) is 21.8. The largest absolute Gasteiger partial charge is 0.330 e. The zero-order chi connectivity index (χ0) is 17.8. The van der Waals surface area contributed by atoms with Gasteiger partial charge in [-0.1, -0.05) is 54.1 Å². The van der Waals surface area contributed by atoms with Crippen molar-refractivity contribution >= 4 is 34.0 Å². The lowest BCUT2D eigenvalue weighted by atomic mass is 10.1. The molecule has 3 N–H and O–H groups in total. The Morgan fingerprint density at radius 3 is 2.48 bits per heavy atom. The molecule has 128 valence electrons. The Bertz CT molecular complexity index is 894. The van der Waals surface area contributed by atoms with Crippen LogP contribution in [-0.2, 0) is 4.79 Å². The molecule has 0 aromatic heterocycles. The van der Waals surface area contributed by atoms with Crippen LogP contribution in [0.15, 0.2) is 66.7 Å². The monoisotopic (exact) mass is 353 g/mol. The number of fused-ring (bicyclic) bond motifs is 1. The minimum Gasteiger partial charge on any atom is -0.330 e. The lowest BCUT2D eigenvalue weighted by Crippen LogP contribution is -2.91. The summed E-state index contributed by atoms with van der Waals surface area (Å²) in [5, 5.41) is 8.04. The second-order valence-electron chi connectivity index (χ2n) is 6.38. The van der Waals surface area contributed by atoms with Gasteiger partial charge in [0.25, 0.3) is 5.91 Å². The van der Waals surface area contributed by atoms with Gasteiger partial charge in [0.1, 0.15) is 6.04 Å². The summed E-state index contributed by atoms with van der Waals surface area (Å²) in [6.45, 7) is 3.99. The topological polar surface area (TPSA) is 45.7 Å². The van der Waals surface area contributed by atoms with Crippen molar-refractivity contribution in [1.82, 2.24) is 0 Å². The highest BCUT2D eigenvalue weighted by atomic mass is 35.5. The summed E-state index contributed by atoms with van der Waals surface area (Å²) < 4.78 is 0. The first-order valence-electron chi connectivity index (χ1n) is 8.43. The summed E-state index contributed by atoms with van der Waals surface area (Å²) >= 11 is 6.05. The summed E-state index contributed by atoms with van der Waals surface area (Å²) in [7, 11) is 0. The van der Waals surface area contributed by atoms with E-state index in [1.165, 1.54) is 0 Å². The maximum atomic E-state index is 12.5. The van der Waals surface area contributed by atoms with Crippen molar-refractivity contribution in [2.24, 2.45) is 0 Å². The van der Waals surface area contributed by atoms with Gasteiger partial charge in [0.05, 0.1) is 0 Å². The predicted molar refractivity (Wildman–Crippen MR) is 104 cm³/mol. The number of halogens is 1. The number of benzene rings is 3. The van der Waals surface area contributed by atoms with Gasteiger partial charge in [-0.25, -0.2) is 0 Å². The molecule has 0 fully saturated rings. The van der Waals surface area contributed by atoms with Crippen molar-refractivity contribution in [3.8, 4) is 0 Å². The maximum Gasteiger partial charge on any atom is 0.282 e. The minimum atomic E-state index is -0.208. The third kappa shape index (κ3) is 4.38. The van der Waals surface area contributed by atoms with Gasteiger partial charge in [-0.05, 0) is 48.9 Å². The van der Waals surface area contributed by atoms with Gasteiger partial charge in [0, 0.05) is 16.3 Å². The summed E-state index contributed by atoms with van der Waals surface area (Å²) in [5.41, 5.74) is 1.93. The molecule has 0 heterocycles. The molecule has 25 heavy (non-hydrogen) atoms. The number of hydrogen-bond donors (Lipinski definition) is 2. The number of rotatable bonds is 5. The lowest BCUT2D eigenvalue weighted by Gasteiger charge is -2.17. The average Bonchev–Trinajstić information content (AvgIpc) is 2.61. The van der Waals surface area contributed by atoms with Crippen molar-refractivity contribution in [1.29, 1.82) is 0 Å². The van der Waals surface area contributed by atoms with E-state index < -0.39 is 0 Å². The number of hydrogen-bond acceptors (Lipinski definition) is 1. The molecule has 0 saturated carbocycles. The number of quaternary nitrogens is 1. The van der Waals surface area contributed by atoms with E-state index in [9.17, 15) is 4.79 Å². The van der Waals surface area contributed by atoms with E-state index in [1.54, 1.807) is 0 Å². The predicted octanol–water partition coefficient (Wildman–Crippen LogP) is 4.14. The highest BCUT2D eigenvalue weighted by Crippen LogP contribution is 2.19. The fourth-order valence-corrected chi connectivity index (χ4v) is 3.14. The zero-order valence-electron chi connectivity index (χ0n) is 14.4. The Hall–Kier alpha value is -2.36. The van der Waals surface area contributed by atoms with Crippen LogP contribution in [0.3, 0.4) is 0 Å². The highest BCUT2D eigenvalue weighted by molar-refractivity contribution is 6.30. The molecule has 0 spiro atoms. The molecule has 3 aromatic rings. The van der Waals surface area contributed by atoms with Crippen LogP contribution < -0.4 is 10.6 Å². The van der Waals surface area contributed by atoms with E-state index >= 15 is 0 Å². The van der Waals surface area contributed by atoms with Crippen molar-refractivity contribution < 1.29 is 10.1 Å². The first-order chi connectivity index (χ1) is 12.0. The molecule has 3 nitrogen and oxygen atoms in total. The van der Waals surface area contributed by atoms with Crippen LogP contribution in [0.25, 0.3) is 10.8 Å². The number of carbonyl (C=O) groups is 1. The van der Waals surface area contributed by atoms with Crippen LogP contribution in [0.4, 0.5) is 5.69 Å². The molecule has 1 amide bonds. The standard InChI is InChI=1S/C21H21ClN2O/c1-14(17-8-5-9-19(22)12-17)23-15(2)21(25)24-20-11-10-16-6-3-4-7-18(16)13-20/h3-15,23H,1-2H3,(H,24,25)/p+1/t14-,15+/m1/s1. The molecular formula is C21H22ClN2O+. The van der Waals surface area contributed by atoms with Crippen LogP contribution in [0, 0.1) is 0 Å². The molecule has 0 aliphatic heterocycles. The molecule has 3 aromatic carbocycles. The van der Waals surface area contributed by atoms with Crippen LogP contribution >= 0.6 is 11.6 Å². The number of amides is 1. The molecule has 0 radical (unpaired) electrons. The second kappa shape index (κ2) is 7.68. The fraction of sp³-hybridized carbons (Fsp3) is 0.190. The molecule has 0 bridgehead atoms. The molecule has 0 aliphatic rings. The number of nitrogens with one attached hydrogen (secondary N) is 1. The molecule has 3 rings (SSSR count). The minimum absolute atomic E-state index is 0.0100. The van der Waals surface area contributed by atoms with Crippen LogP contribution in [0.1, 0.15) is 25.5 Å². The second-order valence-corrected chi connectivity index (χ2v) is 6.81. The summed E-state index contributed by atoms with van der Waals surface area (Å²) in [5.74, 6) is -0.0100. The molecule has 4 heteroatoms. The Labute approximate surface area is 153 Å². The molecule has 0 aliphatic carbocycles. The Morgan fingerprint density at radius 2 is 1.72 bits per heavy atom. The lowest BCUT2D eigenvalue weighted by molar-refractivity contribution is -0.709. The van der Waals surface area contributed by atoms with Gasteiger partial charge in [-0.3, -0.25) is 4.79 Å². The van der Waals surface area contributed by atoms with Gasteiger partial charge < -0.3 is 10.6 Å². The average molecular weight is 354 g/mol. The van der Waals surface area contributed by atoms with E-state index in [2.05, 4.69) is 18.3 Å².